The van der Waals surface area contributed by atoms with E-state index in [4.69, 9.17) is 19.6 Å². The third-order valence-corrected chi connectivity index (χ3v) is 6.35. The van der Waals surface area contributed by atoms with E-state index in [1.165, 1.54) is 0 Å². The van der Waals surface area contributed by atoms with Crippen LogP contribution in [0.1, 0.15) is 37.5 Å². The maximum Gasteiger partial charge on any atom is 0.334 e. The van der Waals surface area contributed by atoms with Crippen molar-refractivity contribution >= 4 is 17.2 Å². The molecule has 2 aromatic rings. The van der Waals surface area contributed by atoms with Crippen LogP contribution in [0.3, 0.4) is 0 Å². The van der Waals surface area contributed by atoms with Crippen LogP contribution in [-0.2, 0) is 15.3 Å². The summed E-state index contributed by atoms with van der Waals surface area (Å²) in [5.74, 6) is 0. The van der Waals surface area contributed by atoms with Crippen molar-refractivity contribution in [1.29, 1.82) is 0 Å². The SMILES string of the molecule is CC(C)(C)c1ccc(C(O)(c2ccccc2)C(CO)(CO)CO)cc1.OP(O)OP(O)O. The molecule has 11 heteroatoms. The highest BCUT2D eigenvalue weighted by molar-refractivity contribution is 7.53. The summed E-state index contributed by atoms with van der Waals surface area (Å²) in [6, 6.07) is 16.3. The molecule has 0 amide bonds. The van der Waals surface area contributed by atoms with E-state index in [1.54, 1.807) is 36.4 Å². The maximum absolute atomic E-state index is 11.7. The van der Waals surface area contributed by atoms with E-state index in [0.717, 1.165) is 5.56 Å². The van der Waals surface area contributed by atoms with Crippen LogP contribution in [0, 0.1) is 5.41 Å². The van der Waals surface area contributed by atoms with Gasteiger partial charge in [0.15, 0.2) is 0 Å². The van der Waals surface area contributed by atoms with Crippen molar-refractivity contribution in [3.8, 4) is 0 Å². The molecule has 1 unspecified atom stereocenters. The van der Waals surface area contributed by atoms with E-state index in [1.807, 2.05) is 18.2 Å². The second-order valence-corrected chi connectivity index (χ2v) is 9.91. The summed E-state index contributed by atoms with van der Waals surface area (Å²) in [7, 11) is -5.22. The van der Waals surface area contributed by atoms with E-state index >= 15 is 0 Å². The third kappa shape index (κ3) is 6.97. The lowest BCUT2D eigenvalue weighted by molar-refractivity contribution is -0.136. The highest BCUT2D eigenvalue weighted by atomic mass is 31.2. The monoisotopic (exact) mass is 490 g/mol. The molecule has 0 radical (unpaired) electrons. The first-order valence-electron chi connectivity index (χ1n) is 9.63. The molecule has 2 aromatic carbocycles. The minimum atomic E-state index is -2.61. The molecule has 0 fully saturated rings. The molecular weight excluding hydrogens is 458 g/mol. The number of aliphatic hydroxyl groups excluding tert-OH is 3. The van der Waals surface area contributed by atoms with Crippen LogP contribution in [0.15, 0.2) is 54.6 Å². The Morgan fingerprint density at radius 2 is 1.03 bits per heavy atom. The molecule has 8 N–H and O–H groups in total. The van der Waals surface area contributed by atoms with Crippen molar-refractivity contribution in [3.05, 3.63) is 71.3 Å². The van der Waals surface area contributed by atoms with E-state index in [9.17, 15) is 20.4 Å². The zero-order valence-corrected chi connectivity index (χ0v) is 20.0. The molecule has 0 aliphatic rings. The van der Waals surface area contributed by atoms with Gasteiger partial charge in [-0.3, -0.25) is 0 Å². The highest BCUT2D eigenvalue weighted by Crippen LogP contribution is 2.45. The van der Waals surface area contributed by atoms with Crippen LogP contribution >= 0.6 is 17.2 Å². The molecule has 0 bridgehead atoms. The minimum absolute atomic E-state index is 0.0363. The lowest BCUT2D eigenvalue weighted by atomic mass is 9.65. The normalized spacial score (nSPS) is 14.2. The Morgan fingerprint density at radius 3 is 1.34 bits per heavy atom. The van der Waals surface area contributed by atoms with Gasteiger partial charge in [-0.1, -0.05) is 75.4 Å². The van der Waals surface area contributed by atoms with Crippen LogP contribution in [0.2, 0.25) is 0 Å². The Bertz CT molecular complexity index is 777. The van der Waals surface area contributed by atoms with Crippen molar-refractivity contribution in [2.45, 2.75) is 31.8 Å². The third-order valence-electron chi connectivity index (χ3n) is 5.18. The summed E-state index contributed by atoms with van der Waals surface area (Å²) in [6.45, 7) is 4.62. The predicted molar refractivity (Wildman–Crippen MR) is 122 cm³/mol. The number of benzene rings is 2. The molecule has 0 spiro atoms. The van der Waals surface area contributed by atoms with Crippen molar-refractivity contribution in [2.75, 3.05) is 19.8 Å². The fraction of sp³-hybridized carbons (Fsp3) is 0.429. The van der Waals surface area contributed by atoms with Crippen molar-refractivity contribution in [1.82, 2.24) is 0 Å². The summed E-state index contributed by atoms with van der Waals surface area (Å²) < 4.78 is 3.60. The topological polar surface area (TPSA) is 171 Å². The molecule has 0 saturated heterocycles. The Kier molecular flexibility index (Phi) is 11.2. The molecule has 0 aromatic heterocycles. The van der Waals surface area contributed by atoms with Gasteiger partial charge >= 0.3 is 17.2 Å². The van der Waals surface area contributed by atoms with E-state index in [0.29, 0.717) is 11.1 Å². The zero-order valence-electron chi connectivity index (χ0n) is 18.2. The van der Waals surface area contributed by atoms with Gasteiger partial charge < -0.3 is 40.0 Å². The lowest BCUT2D eigenvalue weighted by Crippen LogP contribution is -2.54. The van der Waals surface area contributed by atoms with E-state index in [2.05, 4.69) is 25.1 Å². The molecule has 32 heavy (non-hydrogen) atoms. The van der Waals surface area contributed by atoms with Gasteiger partial charge in [0.1, 0.15) is 5.60 Å². The average molecular weight is 490 g/mol. The molecule has 0 aliphatic heterocycles. The van der Waals surface area contributed by atoms with Crippen molar-refractivity contribution < 1.29 is 44.3 Å². The molecule has 2 rings (SSSR count). The van der Waals surface area contributed by atoms with Gasteiger partial charge in [-0.15, -0.1) is 0 Å². The fourth-order valence-corrected chi connectivity index (χ4v) is 3.75. The molecule has 0 heterocycles. The van der Waals surface area contributed by atoms with Gasteiger partial charge in [0.2, 0.25) is 0 Å². The van der Waals surface area contributed by atoms with Gasteiger partial charge in [0.25, 0.3) is 0 Å². The van der Waals surface area contributed by atoms with Crippen LogP contribution in [-0.4, -0.2) is 59.8 Å². The van der Waals surface area contributed by atoms with Crippen molar-refractivity contribution in [2.24, 2.45) is 5.41 Å². The zero-order chi connectivity index (χ0) is 24.6. The molecule has 180 valence electrons. The number of rotatable bonds is 8. The molecule has 9 nitrogen and oxygen atoms in total. The molecule has 1 atom stereocenters. The summed E-state index contributed by atoms with van der Waals surface area (Å²) in [5, 5.41) is 41.5. The Morgan fingerprint density at radius 1 is 0.656 bits per heavy atom. The first-order chi connectivity index (χ1) is 14.9. The van der Waals surface area contributed by atoms with E-state index in [-0.39, 0.29) is 5.41 Å². The summed E-state index contributed by atoms with van der Waals surface area (Å²) in [5.41, 5.74) is -1.15. The van der Waals surface area contributed by atoms with Gasteiger partial charge in [-0.2, -0.15) is 0 Å². The maximum atomic E-state index is 11.7. The van der Waals surface area contributed by atoms with Gasteiger partial charge in [-0.25, -0.2) is 4.31 Å². The molecular formula is C21H32O9P2. The van der Waals surface area contributed by atoms with Gasteiger partial charge in [0.05, 0.1) is 25.2 Å². The lowest BCUT2D eigenvalue weighted by Gasteiger charge is -2.45. The largest absolute Gasteiger partial charge is 0.395 e. The minimum Gasteiger partial charge on any atom is -0.395 e. The quantitative estimate of drug-likeness (QED) is 0.256. The van der Waals surface area contributed by atoms with E-state index < -0.39 is 48.0 Å². The van der Waals surface area contributed by atoms with Crippen LogP contribution in [0.25, 0.3) is 0 Å². The van der Waals surface area contributed by atoms with Gasteiger partial charge in [-0.05, 0) is 22.1 Å². The highest BCUT2D eigenvalue weighted by Gasteiger charge is 2.52. The van der Waals surface area contributed by atoms with Crippen LogP contribution < -0.4 is 0 Å². The van der Waals surface area contributed by atoms with Crippen LogP contribution in [0.5, 0.6) is 0 Å². The second kappa shape index (κ2) is 12.4. The smallest absolute Gasteiger partial charge is 0.334 e. The summed E-state index contributed by atoms with van der Waals surface area (Å²) in [6.07, 6.45) is 0. The first-order valence-corrected chi connectivity index (χ1v) is 12.0. The first kappa shape index (κ1) is 29.0. The number of hydrogen-bond donors (Lipinski definition) is 8. The predicted octanol–water partition coefficient (Wildman–Crippen LogP) is 1.61. The van der Waals surface area contributed by atoms with Crippen molar-refractivity contribution in [3.63, 3.8) is 0 Å². The van der Waals surface area contributed by atoms with Crippen LogP contribution in [0.4, 0.5) is 0 Å². The second-order valence-electron chi connectivity index (χ2n) is 8.25. The molecule has 0 aliphatic carbocycles. The Balaban J connectivity index is 0.000000633. The summed E-state index contributed by atoms with van der Waals surface area (Å²) in [4.78, 5) is 31.3. The fourth-order valence-electron chi connectivity index (χ4n) is 3.23. The summed E-state index contributed by atoms with van der Waals surface area (Å²) >= 11 is 0. The Hall–Kier alpha value is -1.06. The molecule has 0 saturated carbocycles. The standard InChI is InChI=1S/C21H28O4.H4O5P2/c1-19(2,3)16-9-11-18(12-10-16)21(25,17-7-5-4-6-8-17)20(13-22,14-23)15-24;1-6(2)5-7(3)4/h4-12,22-25H,13-15H2,1-3H3;1-4H. The average Bonchev–Trinajstić information content (AvgIpc) is 2.74. The number of aliphatic hydroxyl groups is 4. The number of hydrogen-bond acceptors (Lipinski definition) is 9. The Labute approximate surface area is 190 Å². The van der Waals surface area contributed by atoms with Gasteiger partial charge in [0, 0.05) is 0 Å².